The smallest absolute Gasteiger partial charge is 0.0587 e. The van der Waals surface area contributed by atoms with E-state index in [1.165, 1.54) is 32.5 Å². The minimum Gasteiger partial charge on any atom is -0.383 e. The predicted molar refractivity (Wildman–Crippen MR) is 64.2 cm³/mol. The molecule has 0 bridgehead atoms. The molecule has 0 atom stereocenters. The zero-order chi connectivity index (χ0) is 11.1. The molecule has 15 heavy (non-hydrogen) atoms. The van der Waals surface area contributed by atoms with Gasteiger partial charge in [0.25, 0.3) is 0 Å². The molecule has 0 unspecified atom stereocenters. The van der Waals surface area contributed by atoms with Gasteiger partial charge >= 0.3 is 0 Å². The summed E-state index contributed by atoms with van der Waals surface area (Å²) in [5, 5.41) is 3.38. The fourth-order valence-electron chi connectivity index (χ4n) is 2.14. The molecular weight excluding hydrogens is 188 g/mol. The largest absolute Gasteiger partial charge is 0.383 e. The molecule has 3 nitrogen and oxygen atoms in total. The molecule has 0 aromatic carbocycles. The molecule has 0 aliphatic carbocycles. The number of hydrogen-bond donors (Lipinski definition) is 1. The second-order valence-corrected chi connectivity index (χ2v) is 5.29. The number of nitrogens with zero attached hydrogens (tertiary/aromatic N) is 1. The van der Waals surface area contributed by atoms with Gasteiger partial charge < -0.3 is 15.0 Å². The van der Waals surface area contributed by atoms with Crippen molar-refractivity contribution in [3.05, 3.63) is 0 Å². The van der Waals surface area contributed by atoms with Gasteiger partial charge in [-0.05, 0) is 37.9 Å². The third kappa shape index (κ3) is 5.50. The normalized spacial score (nSPS) is 21.0. The summed E-state index contributed by atoms with van der Waals surface area (Å²) in [6, 6.07) is 0. The van der Waals surface area contributed by atoms with Gasteiger partial charge in [0.15, 0.2) is 0 Å². The lowest BCUT2D eigenvalue weighted by molar-refractivity contribution is 0.198. The number of methoxy groups -OCH3 is 1. The van der Waals surface area contributed by atoms with Gasteiger partial charge in [0.05, 0.1) is 6.61 Å². The highest BCUT2D eigenvalue weighted by Crippen LogP contribution is 2.28. The number of likely N-dealkylation sites (tertiary alicyclic amines) is 1. The standard InChI is InChI=1S/C12H26N2O/c1-12(2)5-9-14(11-12)8-4-6-13-7-10-15-3/h13H,4-11H2,1-3H3. The van der Waals surface area contributed by atoms with Crippen LogP contribution < -0.4 is 5.32 Å². The van der Waals surface area contributed by atoms with Gasteiger partial charge in [0.2, 0.25) is 0 Å². The van der Waals surface area contributed by atoms with E-state index in [1.807, 2.05) is 0 Å². The highest BCUT2D eigenvalue weighted by molar-refractivity contribution is 4.82. The highest BCUT2D eigenvalue weighted by Gasteiger charge is 2.28. The molecule has 1 fully saturated rings. The average Bonchev–Trinajstić information content (AvgIpc) is 2.52. The summed E-state index contributed by atoms with van der Waals surface area (Å²) in [5.74, 6) is 0. The Morgan fingerprint density at radius 3 is 2.73 bits per heavy atom. The van der Waals surface area contributed by atoms with E-state index in [0.717, 1.165) is 19.7 Å². The molecule has 1 aliphatic heterocycles. The van der Waals surface area contributed by atoms with Gasteiger partial charge in [-0.2, -0.15) is 0 Å². The molecule has 1 aliphatic rings. The quantitative estimate of drug-likeness (QED) is 0.647. The zero-order valence-electron chi connectivity index (χ0n) is 10.5. The molecule has 3 heteroatoms. The van der Waals surface area contributed by atoms with Crippen LogP contribution in [0.1, 0.15) is 26.7 Å². The van der Waals surface area contributed by atoms with Crippen molar-refractivity contribution < 1.29 is 4.74 Å². The predicted octanol–water partition coefficient (Wildman–Crippen LogP) is 1.34. The summed E-state index contributed by atoms with van der Waals surface area (Å²) in [6.45, 7) is 11.4. The molecule has 1 saturated heterocycles. The van der Waals surface area contributed by atoms with Crippen LogP contribution in [0, 0.1) is 5.41 Å². The summed E-state index contributed by atoms with van der Waals surface area (Å²) < 4.78 is 4.98. The molecule has 1 rings (SSSR count). The van der Waals surface area contributed by atoms with E-state index >= 15 is 0 Å². The van der Waals surface area contributed by atoms with Crippen molar-refractivity contribution in [3.63, 3.8) is 0 Å². The minimum atomic E-state index is 0.545. The molecule has 1 heterocycles. The first kappa shape index (κ1) is 12.9. The van der Waals surface area contributed by atoms with Gasteiger partial charge in [-0.1, -0.05) is 13.8 Å². The highest BCUT2D eigenvalue weighted by atomic mass is 16.5. The Labute approximate surface area is 94.2 Å². The third-order valence-electron chi connectivity index (χ3n) is 3.07. The first-order chi connectivity index (χ1) is 7.14. The molecule has 0 saturated carbocycles. The first-order valence-corrected chi connectivity index (χ1v) is 6.06. The van der Waals surface area contributed by atoms with E-state index < -0.39 is 0 Å². The lowest BCUT2D eigenvalue weighted by Gasteiger charge is -2.19. The Morgan fingerprint density at radius 2 is 2.13 bits per heavy atom. The lowest BCUT2D eigenvalue weighted by atomic mass is 9.93. The van der Waals surface area contributed by atoms with Crippen LogP contribution in [0.4, 0.5) is 0 Å². The van der Waals surface area contributed by atoms with Crippen molar-refractivity contribution in [1.82, 2.24) is 10.2 Å². The van der Waals surface area contributed by atoms with Crippen LogP contribution in [0.15, 0.2) is 0 Å². The van der Waals surface area contributed by atoms with Gasteiger partial charge in [0.1, 0.15) is 0 Å². The average molecular weight is 214 g/mol. The van der Waals surface area contributed by atoms with Crippen molar-refractivity contribution in [1.29, 1.82) is 0 Å². The van der Waals surface area contributed by atoms with E-state index in [0.29, 0.717) is 5.41 Å². The number of nitrogens with one attached hydrogen (secondary N) is 1. The van der Waals surface area contributed by atoms with Crippen molar-refractivity contribution in [2.24, 2.45) is 5.41 Å². The van der Waals surface area contributed by atoms with Crippen LogP contribution in [-0.2, 0) is 4.74 Å². The van der Waals surface area contributed by atoms with Crippen molar-refractivity contribution in [2.75, 3.05) is 46.4 Å². The Balaban J connectivity index is 1.93. The molecular formula is C12H26N2O. The summed E-state index contributed by atoms with van der Waals surface area (Å²) in [4.78, 5) is 2.58. The van der Waals surface area contributed by atoms with Crippen molar-refractivity contribution in [2.45, 2.75) is 26.7 Å². The van der Waals surface area contributed by atoms with Crippen LogP contribution in [0.25, 0.3) is 0 Å². The SMILES string of the molecule is COCCNCCCN1CCC(C)(C)C1. The Kier molecular flexibility index (Phi) is 5.58. The molecule has 0 spiro atoms. The fraction of sp³-hybridized carbons (Fsp3) is 1.00. The Hall–Kier alpha value is -0.120. The van der Waals surface area contributed by atoms with E-state index in [-0.39, 0.29) is 0 Å². The van der Waals surface area contributed by atoms with E-state index in [9.17, 15) is 0 Å². The summed E-state index contributed by atoms with van der Waals surface area (Å²) in [5.41, 5.74) is 0.545. The minimum absolute atomic E-state index is 0.545. The van der Waals surface area contributed by atoms with Gasteiger partial charge in [0, 0.05) is 20.2 Å². The summed E-state index contributed by atoms with van der Waals surface area (Å²) in [7, 11) is 1.74. The van der Waals surface area contributed by atoms with Crippen molar-refractivity contribution >= 4 is 0 Å². The van der Waals surface area contributed by atoms with Crippen LogP contribution in [-0.4, -0.2) is 51.3 Å². The van der Waals surface area contributed by atoms with Gasteiger partial charge in [-0.15, -0.1) is 0 Å². The molecule has 0 aromatic heterocycles. The summed E-state index contributed by atoms with van der Waals surface area (Å²) in [6.07, 6.45) is 2.60. The number of hydrogen-bond acceptors (Lipinski definition) is 3. The molecule has 90 valence electrons. The van der Waals surface area contributed by atoms with E-state index in [1.54, 1.807) is 7.11 Å². The van der Waals surface area contributed by atoms with Crippen LogP contribution in [0.3, 0.4) is 0 Å². The second kappa shape index (κ2) is 6.46. The Bertz CT molecular complexity index is 171. The molecule has 1 N–H and O–H groups in total. The maximum Gasteiger partial charge on any atom is 0.0587 e. The number of rotatable bonds is 7. The van der Waals surface area contributed by atoms with Crippen LogP contribution >= 0.6 is 0 Å². The maximum absolute atomic E-state index is 4.98. The topological polar surface area (TPSA) is 24.5 Å². The zero-order valence-corrected chi connectivity index (χ0v) is 10.5. The summed E-state index contributed by atoms with van der Waals surface area (Å²) >= 11 is 0. The second-order valence-electron chi connectivity index (χ2n) is 5.29. The number of ether oxygens (including phenoxy) is 1. The van der Waals surface area contributed by atoms with Crippen LogP contribution in [0.5, 0.6) is 0 Å². The first-order valence-electron chi connectivity index (χ1n) is 6.06. The fourth-order valence-corrected chi connectivity index (χ4v) is 2.14. The Morgan fingerprint density at radius 1 is 1.33 bits per heavy atom. The van der Waals surface area contributed by atoms with E-state index in [2.05, 4.69) is 24.1 Å². The maximum atomic E-state index is 4.98. The molecule has 0 radical (unpaired) electrons. The van der Waals surface area contributed by atoms with Gasteiger partial charge in [-0.25, -0.2) is 0 Å². The molecule has 0 amide bonds. The van der Waals surface area contributed by atoms with Gasteiger partial charge in [-0.3, -0.25) is 0 Å². The van der Waals surface area contributed by atoms with Crippen molar-refractivity contribution in [3.8, 4) is 0 Å². The van der Waals surface area contributed by atoms with Crippen LogP contribution in [0.2, 0.25) is 0 Å². The lowest BCUT2D eigenvalue weighted by Crippen LogP contribution is -2.28. The molecule has 0 aromatic rings. The monoisotopic (exact) mass is 214 g/mol. The third-order valence-corrected chi connectivity index (χ3v) is 3.07. The van der Waals surface area contributed by atoms with E-state index in [4.69, 9.17) is 4.74 Å².